The van der Waals surface area contributed by atoms with Gasteiger partial charge in [0.25, 0.3) is 0 Å². The van der Waals surface area contributed by atoms with Crippen molar-refractivity contribution in [2.24, 2.45) is 0 Å². The minimum Gasteiger partial charge on any atom is -0.477 e. The molecule has 0 saturated heterocycles. The molecule has 0 aromatic carbocycles. The van der Waals surface area contributed by atoms with Crippen LogP contribution < -0.4 is 0 Å². The molecule has 1 heterocycles. The highest BCUT2D eigenvalue weighted by atomic mass is 16.4. The minimum atomic E-state index is -0.826. The van der Waals surface area contributed by atoms with Gasteiger partial charge < -0.3 is 9.67 Å². The molecule has 0 fully saturated rings. The molecule has 0 bridgehead atoms. The Balaban J connectivity index is 2.91. The fourth-order valence-electron chi connectivity index (χ4n) is 1.75. The molecule has 0 amide bonds. The van der Waals surface area contributed by atoms with Gasteiger partial charge in [-0.05, 0) is 25.0 Å². The number of unbranched alkanes of at least 4 members (excludes halogenated alkanes) is 1. The minimum absolute atomic E-state index is 0.423. The van der Waals surface area contributed by atoms with E-state index in [1.807, 2.05) is 10.6 Å². The number of aromatic nitrogens is 1. The number of hydrogen-bond acceptors (Lipinski definition) is 1. The molecule has 1 N–H and O–H groups in total. The summed E-state index contributed by atoms with van der Waals surface area (Å²) in [7, 11) is 0. The Morgan fingerprint density at radius 1 is 1.33 bits per heavy atom. The van der Waals surface area contributed by atoms with Crippen LogP contribution in [0.15, 0.2) is 12.1 Å². The second-order valence-corrected chi connectivity index (χ2v) is 3.77. The summed E-state index contributed by atoms with van der Waals surface area (Å²) in [6.45, 7) is 5.04. The van der Waals surface area contributed by atoms with Gasteiger partial charge in [-0.2, -0.15) is 0 Å². The Morgan fingerprint density at radius 3 is 2.60 bits per heavy atom. The first-order valence-corrected chi connectivity index (χ1v) is 5.62. The molecule has 1 aromatic heterocycles. The van der Waals surface area contributed by atoms with Crippen LogP contribution in [0.5, 0.6) is 0 Å². The average molecular weight is 209 g/mol. The third kappa shape index (κ3) is 2.85. The van der Waals surface area contributed by atoms with Crippen LogP contribution in [0.25, 0.3) is 0 Å². The summed E-state index contributed by atoms with van der Waals surface area (Å²) in [6, 6.07) is 3.64. The highest BCUT2D eigenvalue weighted by Gasteiger charge is 2.12. The van der Waals surface area contributed by atoms with Gasteiger partial charge in [0.05, 0.1) is 0 Å². The zero-order valence-corrected chi connectivity index (χ0v) is 9.49. The van der Waals surface area contributed by atoms with Crippen molar-refractivity contribution in [3.8, 4) is 0 Å². The summed E-state index contributed by atoms with van der Waals surface area (Å²) in [6.07, 6.45) is 4.13. The zero-order chi connectivity index (χ0) is 11.3. The van der Waals surface area contributed by atoms with Gasteiger partial charge in [0.15, 0.2) is 0 Å². The highest BCUT2D eigenvalue weighted by Crippen LogP contribution is 2.13. The maximum atomic E-state index is 11.0. The van der Waals surface area contributed by atoms with Gasteiger partial charge >= 0.3 is 5.97 Å². The quantitative estimate of drug-likeness (QED) is 0.782. The molecule has 0 radical (unpaired) electrons. The molecule has 0 spiro atoms. The first kappa shape index (κ1) is 11.8. The number of carboxylic acid groups (broad SMARTS) is 1. The molecule has 0 unspecified atom stereocenters. The van der Waals surface area contributed by atoms with Crippen LogP contribution in [-0.4, -0.2) is 15.6 Å². The molecule has 0 saturated carbocycles. The number of carboxylic acids is 1. The van der Waals surface area contributed by atoms with Gasteiger partial charge in [-0.25, -0.2) is 4.79 Å². The Hall–Kier alpha value is -1.25. The number of aryl methyl sites for hydroxylation is 1. The summed E-state index contributed by atoms with van der Waals surface area (Å²) in [5.74, 6) is -0.826. The maximum Gasteiger partial charge on any atom is 0.352 e. The molecule has 0 atom stereocenters. The van der Waals surface area contributed by atoms with Crippen molar-refractivity contribution in [1.29, 1.82) is 0 Å². The van der Waals surface area contributed by atoms with Crippen molar-refractivity contribution >= 4 is 5.97 Å². The summed E-state index contributed by atoms with van der Waals surface area (Å²) in [5, 5.41) is 9.03. The van der Waals surface area contributed by atoms with E-state index < -0.39 is 5.97 Å². The van der Waals surface area contributed by atoms with Gasteiger partial charge in [-0.1, -0.05) is 26.7 Å². The third-order valence-corrected chi connectivity index (χ3v) is 2.53. The standard InChI is InChI=1S/C12H19NO2/c1-3-5-9-13-10(6-4-2)7-8-11(13)12(14)15/h7-8H,3-6,9H2,1-2H3,(H,14,15). The highest BCUT2D eigenvalue weighted by molar-refractivity contribution is 5.86. The topological polar surface area (TPSA) is 42.2 Å². The predicted molar refractivity (Wildman–Crippen MR) is 60.3 cm³/mol. The molecular weight excluding hydrogens is 190 g/mol. The lowest BCUT2D eigenvalue weighted by atomic mass is 10.2. The lowest BCUT2D eigenvalue weighted by Gasteiger charge is -2.10. The first-order valence-electron chi connectivity index (χ1n) is 5.62. The van der Waals surface area contributed by atoms with E-state index in [9.17, 15) is 4.79 Å². The molecule has 15 heavy (non-hydrogen) atoms. The molecule has 0 aliphatic carbocycles. The summed E-state index contributed by atoms with van der Waals surface area (Å²) < 4.78 is 1.94. The molecule has 0 aliphatic rings. The monoisotopic (exact) mass is 209 g/mol. The zero-order valence-electron chi connectivity index (χ0n) is 9.49. The van der Waals surface area contributed by atoms with E-state index in [1.165, 1.54) is 0 Å². The largest absolute Gasteiger partial charge is 0.477 e. The van der Waals surface area contributed by atoms with Crippen LogP contribution in [-0.2, 0) is 13.0 Å². The second-order valence-electron chi connectivity index (χ2n) is 3.77. The summed E-state index contributed by atoms with van der Waals surface area (Å²) in [5.41, 5.74) is 1.57. The van der Waals surface area contributed by atoms with Crippen molar-refractivity contribution < 1.29 is 9.90 Å². The van der Waals surface area contributed by atoms with Crippen LogP contribution >= 0.6 is 0 Å². The van der Waals surface area contributed by atoms with Crippen LogP contribution in [0.2, 0.25) is 0 Å². The van der Waals surface area contributed by atoms with Gasteiger partial charge in [-0.3, -0.25) is 0 Å². The molecule has 1 aromatic rings. The van der Waals surface area contributed by atoms with Crippen molar-refractivity contribution in [1.82, 2.24) is 4.57 Å². The number of carbonyl (C=O) groups is 1. The smallest absolute Gasteiger partial charge is 0.352 e. The number of hydrogen-bond donors (Lipinski definition) is 1. The average Bonchev–Trinajstić information content (AvgIpc) is 2.59. The van der Waals surface area contributed by atoms with Gasteiger partial charge in [-0.15, -0.1) is 0 Å². The molecular formula is C12H19NO2. The van der Waals surface area contributed by atoms with E-state index in [2.05, 4.69) is 13.8 Å². The van der Waals surface area contributed by atoms with E-state index in [0.717, 1.165) is 37.9 Å². The Kier molecular flexibility index (Phi) is 4.40. The van der Waals surface area contributed by atoms with E-state index in [4.69, 9.17) is 5.11 Å². The van der Waals surface area contributed by atoms with Crippen molar-refractivity contribution in [2.45, 2.75) is 46.1 Å². The number of nitrogens with zero attached hydrogens (tertiary/aromatic N) is 1. The van der Waals surface area contributed by atoms with Crippen molar-refractivity contribution in [3.63, 3.8) is 0 Å². The Morgan fingerprint density at radius 2 is 2.07 bits per heavy atom. The van der Waals surface area contributed by atoms with E-state index in [-0.39, 0.29) is 0 Å². The molecule has 0 aliphatic heterocycles. The summed E-state index contributed by atoms with van der Waals surface area (Å²) in [4.78, 5) is 11.0. The van der Waals surface area contributed by atoms with Gasteiger partial charge in [0, 0.05) is 12.2 Å². The van der Waals surface area contributed by atoms with Gasteiger partial charge in [0.2, 0.25) is 0 Å². The van der Waals surface area contributed by atoms with Crippen LogP contribution in [0, 0.1) is 0 Å². The second kappa shape index (κ2) is 5.59. The Labute approximate surface area is 90.7 Å². The van der Waals surface area contributed by atoms with E-state index >= 15 is 0 Å². The van der Waals surface area contributed by atoms with Crippen LogP contribution in [0.4, 0.5) is 0 Å². The van der Waals surface area contributed by atoms with Crippen LogP contribution in [0.1, 0.15) is 49.3 Å². The van der Waals surface area contributed by atoms with Gasteiger partial charge in [0.1, 0.15) is 5.69 Å². The molecule has 1 rings (SSSR count). The third-order valence-electron chi connectivity index (χ3n) is 2.53. The molecule has 3 nitrogen and oxygen atoms in total. The van der Waals surface area contributed by atoms with E-state index in [0.29, 0.717) is 5.69 Å². The number of aromatic carboxylic acids is 1. The first-order chi connectivity index (χ1) is 7.20. The SMILES string of the molecule is CCCCn1c(CCC)ccc1C(=O)O. The lowest BCUT2D eigenvalue weighted by molar-refractivity contribution is 0.0684. The van der Waals surface area contributed by atoms with Crippen LogP contribution in [0.3, 0.4) is 0 Å². The summed E-state index contributed by atoms with van der Waals surface area (Å²) >= 11 is 0. The fourth-order valence-corrected chi connectivity index (χ4v) is 1.75. The fraction of sp³-hybridized carbons (Fsp3) is 0.583. The maximum absolute atomic E-state index is 11.0. The lowest BCUT2D eigenvalue weighted by Crippen LogP contribution is -2.11. The Bertz CT molecular complexity index is 328. The van der Waals surface area contributed by atoms with Crippen molar-refractivity contribution in [3.05, 3.63) is 23.5 Å². The molecule has 3 heteroatoms. The predicted octanol–water partition coefficient (Wildman–Crippen LogP) is 2.94. The normalized spacial score (nSPS) is 10.5. The van der Waals surface area contributed by atoms with Crippen molar-refractivity contribution in [2.75, 3.05) is 0 Å². The number of rotatable bonds is 6. The molecule has 84 valence electrons. The van der Waals surface area contributed by atoms with E-state index in [1.54, 1.807) is 6.07 Å².